The standard InChI is InChI=1S/C11H9BrN4O2S/c1-6-5-16-9-7(3-8(12)10(16)14-6)4-13-11(15-9)19(2,17)18/h3-5H,1-2H3. The van der Waals surface area contributed by atoms with E-state index < -0.39 is 9.84 Å². The van der Waals surface area contributed by atoms with Crippen LogP contribution in [0.3, 0.4) is 0 Å². The lowest BCUT2D eigenvalue weighted by molar-refractivity contribution is 0.593. The van der Waals surface area contributed by atoms with Gasteiger partial charge in [0.25, 0.3) is 0 Å². The van der Waals surface area contributed by atoms with E-state index in [1.807, 2.05) is 19.2 Å². The minimum atomic E-state index is -3.43. The fourth-order valence-electron chi connectivity index (χ4n) is 1.87. The molecule has 3 aromatic rings. The number of aryl methyl sites for hydroxylation is 1. The minimum Gasteiger partial charge on any atom is -0.283 e. The summed E-state index contributed by atoms with van der Waals surface area (Å²) in [6, 6.07) is 1.82. The van der Waals surface area contributed by atoms with Gasteiger partial charge in [0.2, 0.25) is 15.0 Å². The number of hydrogen-bond donors (Lipinski definition) is 0. The minimum absolute atomic E-state index is 0.185. The zero-order valence-corrected chi connectivity index (χ0v) is 12.5. The maximum Gasteiger partial charge on any atom is 0.248 e. The summed E-state index contributed by atoms with van der Waals surface area (Å²) in [6.45, 7) is 1.87. The summed E-state index contributed by atoms with van der Waals surface area (Å²) in [5, 5.41) is 0.555. The smallest absolute Gasteiger partial charge is 0.248 e. The molecule has 0 saturated carbocycles. The first kappa shape index (κ1) is 12.5. The van der Waals surface area contributed by atoms with E-state index in [9.17, 15) is 8.42 Å². The number of rotatable bonds is 1. The molecule has 0 N–H and O–H groups in total. The van der Waals surface area contributed by atoms with E-state index in [-0.39, 0.29) is 5.16 Å². The van der Waals surface area contributed by atoms with E-state index in [2.05, 4.69) is 30.9 Å². The van der Waals surface area contributed by atoms with Gasteiger partial charge in [0.05, 0.1) is 10.2 Å². The molecule has 98 valence electrons. The summed E-state index contributed by atoms with van der Waals surface area (Å²) >= 11 is 3.43. The van der Waals surface area contributed by atoms with Crippen molar-refractivity contribution >= 4 is 42.4 Å². The number of sulfone groups is 1. The number of pyridine rings is 1. The van der Waals surface area contributed by atoms with E-state index in [1.54, 1.807) is 4.40 Å². The predicted octanol–water partition coefficient (Wildman–Crippen LogP) is 1.75. The van der Waals surface area contributed by atoms with E-state index in [1.165, 1.54) is 6.20 Å². The van der Waals surface area contributed by atoms with Crippen LogP contribution in [-0.4, -0.2) is 34.0 Å². The first-order valence-electron chi connectivity index (χ1n) is 5.37. The van der Waals surface area contributed by atoms with Crippen LogP contribution in [0, 0.1) is 6.92 Å². The fraction of sp³-hybridized carbons (Fsp3) is 0.182. The first-order valence-corrected chi connectivity index (χ1v) is 8.06. The maximum absolute atomic E-state index is 11.5. The van der Waals surface area contributed by atoms with Crippen molar-refractivity contribution in [1.82, 2.24) is 19.4 Å². The molecule has 0 unspecified atom stereocenters. The van der Waals surface area contributed by atoms with Gasteiger partial charge in [-0.1, -0.05) is 0 Å². The van der Waals surface area contributed by atoms with Crippen molar-refractivity contribution in [3.63, 3.8) is 0 Å². The van der Waals surface area contributed by atoms with Crippen molar-refractivity contribution in [2.45, 2.75) is 12.1 Å². The Balaban J connectivity index is 2.50. The molecule has 0 spiro atoms. The average Bonchev–Trinajstić information content (AvgIpc) is 2.70. The van der Waals surface area contributed by atoms with Crippen molar-refractivity contribution in [2.24, 2.45) is 0 Å². The van der Waals surface area contributed by atoms with Crippen LogP contribution in [-0.2, 0) is 9.84 Å². The third kappa shape index (κ3) is 2.00. The van der Waals surface area contributed by atoms with Gasteiger partial charge < -0.3 is 0 Å². The largest absolute Gasteiger partial charge is 0.283 e. The second-order valence-electron chi connectivity index (χ2n) is 4.27. The van der Waals surface area contributed by atoms with Crippen LogP contribution in [0.15, 0.2) is 28.1 Å². The number of imidazole rings is 1. The van der Waals surface area contributed by atoms with Crippen LogP contribution in [0.25, 0.3) is 16.7 Å². The second kappa shape index (κ2) is 3.97. The Morgan fingerprint density at radius 1 is 1.26 bits per heavy atom. The topological polar surface area (TPSA) is 77.2 Å². The molecule has 3 heterocycles. The molecule has 0 aliphatic carbocycles. The molecule has 0 amide bonds. The Bertz CT molecular complexity index is 917. The molecule has 19 heavy (non-hydrogen) atoms. The van der Waals surface area contributed by atoms with E-state index >= 15 is 0 Å². The van der Waals surface area contributed by atoms with Crippen molar-refractivity contribution < 1.29 is 8.42 Å². The van der Waals surface area contributed by atoms with Crippen molar-refractivity contribution in [3.05, 3.63) is 28.6 Å². The molecule has 0 aliphatic heterocycles. The lowest BCUT2D eigenvalue weighted by atomic mass is 10.3. The molecule has 3 rings (SSSR count). The van der Waals surface area contributed by atoms with Crippen LogP contribution >= 0.6 is 15.9 Å². The molecule has 8 heteroatoms. The Kier molecular flexibility index (Phi) is 2.61. The third-order valence-corrected chi connectivity index (χ3v) is 4.10. The summed E-state index contributed by atoms with van der Waals surface area (Å²) in [7, 11) is -3.43. The second-order valence-corrected chi connectivity index (χ2v) is 7.04. The van der Waals surface area contributed by atoms with Gasteiger partial charge in [-0.15, -0.1) is 0 Å². The average molecular weight is 341 g/mol. The summed E-state index contributed by atoms with van der Waals surface area (Å²) in [5.74, 6) is 0. The number of aromatic nitrogens is 4. The third-order valence-electron chi connectivity index (χ3n) is 2.66. The molecular formula is C11H9BrN4O2S. The summed E-state index contributed by atoms with van der Waals surface area (Å²) < 4.78 is 25.6. The van der Waals surface area contributed by atoms with E-state index in [4.69, 9.17) is 0 Å². The van der Waals surface area contributed by atoms with Crippen molar-refractivity contribution in [3.8, 4) is 0 Å². The van der Waals surface area contributed by atoms with Gasteiger partial charge in [-0.2, -0.15) is 4.98 Å². The molecule has 0 fully saturated rings. The normalized spacial score (nSPS) is 12.4. The van der Waals surface area contributed by atoms with Gasteiger partial charge >= 0.3 is 0 Å². The summed E-state index contributed by atoms with van der Waals surface area (Å²) in [6.07, 6.45) is 4.39. The quantitative estimate of drug-likeness (QED) is 0.630. The van der Waals surface area contributed by atoms with Gasteiger partial charge in [0.15, 0.2) is 11.3 Å². The van der Waals surface area contributed by atoms with Gasteiger partial charge in [0, 0.05) is 24.0 Å². The predicted molar refractivity (Wildman–Crippen MR) is 73.8 cm³/mol. The summed E-state index contributed by atoms with van der Waals surface area (Å²) in [4.78, 5) is 12.4. The molecule has 0 aromatic carbocycles. The number of halogens is 1. The van der Waals surface area contributed by atoms with Crippen LogP contribution in [0.2, 0.25) is 0 Å². The van der Waals surface area contributed by atoms with Gasteiger partial charge in [-0.05, 0) is 28.9 Å². The molecule has 3 aromatic heterocycles. The Morgan fingerprint density at radius 3 is 2.68 bits per heavy atom. The molecule has 0 bridgehead atoms. The first-order chi connectivity index (χ1) is 8.86. The maximum atomic E-state index is 11.5. The highest BCUT2D eigenvalue weighted by Crippen LogP contribution is 2.24. The molecule has 0 saturated heterocycles. The number of fused-ring (bicyclic) bond motifs is 3. The molecular weight excluding hydrogens is 332 g/mol. The van der Waals surface area contributed by atoms with E-state index in [0.29, 0.717) is 11.3 Å². The number of nitrogens with zero attached hydrogens (tertiary/aromatic N) is 4. The molecule has 0 aliphatic rings. The fourth-order valence-corrected chi connectivity index (χ4v) is 2.89. The monoisotopic (exact) mass is 340 g/mol. The Hall–Kier alpha value is -1.54. The van der Waals surface area contributed by atoms with Crippen molar-refractivity contribution in [1.29, 1.82) is 0 Å². The van der Waals surface area contributed by atoms with Crippen molar-refractivity contribution in [2.75, 3.05) is 6.26 Å². The van der Waals surface area contributed by atoms with Crippen LogP contribution in [0.4, 0.5) is 0 Å². The Labute approximate surface area is 117 Å². The lowest BCUT2D eigenvalue weighted by Crippen LogP contribution is -2.05. The lowest BCUT2D eigenvalue weighted by Gasteiger charge is -2.04. The van der Waals surface area contributed by atoms with Crippen LogP contribution in [0.1, 0.15) is 5.69 Å². The van der Waals surface area contributed by atoms with Crippen LogP contribution in [0.5, 0.6) is 0 Å². The SMILES string of the molecule is Cc1cn2c(n1)c(Br)cc1cnc(S(C)(=O)=O)nc12. The van der Waals surface area contributed by atoms with Gasteiger partial charge in [0.1, 0.15) is 0 Å². The van der Waals surface area contributed by atoms with Crippen LogP contribution < -0.4 is 0 Å². The van der Waals surface area contributed by atoms with Gasteiger partial charge in [-0.25, -0.2) is 18.4 Å². The highest BCUT2D eigenvalue weighted by atomic mass is 79.9. The Morgan fingerprint density at radius 2 is 2.00 bits per heavy atom. The van der Waals surface area contributed by atoms with E-state index in [0.717, 1.165) is 21.8 Å². The zero-order chi connectivity index (χ0) is 13.8. The number of hydrogen-bond acceptors (Lipinski definition) is 5. The molecule has 6 nitrogen and oxygen atoms in total. The molecule has 0 radical (unpaired) electrons. The summed E-state index contributed by atoms with van der Waals surface area (Å²) in [5.41, 5.74) is 2.05. The highest BCUT2D eigenvalue weighted by molar-refractivity contribution is 9.10. The highest BCUT2D eigenvalue weighted by Gasteiger charge is 2.14. The van der Waals surface area contributed by atoms with Gasteiger partial charge in [-0.3, -0.25) is 4.40 Å². The molecule has 0 atom stereocenters. The zero-order valence-electron chi connectivity index (χ0n) is 10.1.